The first-order chi connectivity index (χ1) is 8.25. The third kappa shape index (κ3) is 3.15. The number of aliphatic hydroxyl groups is 1. The van der Waals surface area contributed by atoms with Gasteiger partial charge in [0.15, 0.2) is 0 Å². The minimum absolute atomic E-state index is 0.355. The van der Waals surface area contributed by atoms with E-state index in [2.05, 4.69) is 15.3 Å². The standard InChI is InChI=1S/C12H14N4O/c13-10-4-2-9(3-5-10)11(17)8-16-12-14-6-1-7-15-12/h1-7,11,17H,8,13H2,(H,14,15,16). The second-order valence-electron chi connectivity index (χ2n) is 3.64. The van der Waals surface area contributed by atoms with Crippen molar-refractivity contribution in [2.45, 2.75) is 6.10 Å². The number of aromatic nitrogens is 2. The highest BCUT2D eigenvalue weighted by Crippen LogP contribution is 2.14. The first kappa shape index (κ1) is 11.3. The fraction of sp³-hybridized carbons (Fsp3) is 0.167. The van der Waals surface area contributed by atoms with Crippen LogP contribution in [0.4, 0.5) is 11.6 Å². The van der Waals surface area contributed by atoms with Gasteiger partial charge in [0, 0.05) is 24.6 Å². The van der Waals surface area contributed by atoms with Gasteiger partial charge >= 0.3 is 0 Å². The largest absolute Gasteiger partial charge is 0.399 e. The van der Waals surface area contributed by atoms with Gasteiger partial charge in [0.05, 0.1) is 6.10 Å². The van der Waals surface area contributed by atoms with Crippen LogP contribution in [0.1, 0.15) is 11.7 Å². The Morgan fingerprint density at radius 1 is 1.18 bits per heavy atom. The van der Waals surface area contributed by atoms with E-state index in [9.17, 15) is 5.11 Å². The summed E-state index contributed by atoms with van der Waals surface area (Å²) in [5.74, 6) is 0.502. The number of aliphatic hydroxyl groups excluding tert-OH is 1. The van der Waals surface area contributed by atoms with Crippen LogP contribution in [0.25, 0.3) is 0 Å². The number of hydrogen-bond donors (Lipinski definition) is 3. The van der Waals surface area contributed by atoms with E-state index in [0.717, 1.165) is 5.56 Å². The van der Waals surface area contributed by atoms with Crippen LogP contribution < -0.4 is 11.1 Å². The molecule has 17 heavy (non-hydrogen) atoms. The zero-order valence-corrected chi connectivity index (χ0v) is 9.24. The first-order valence-corrected chi connectivity index (χ1v) is 5.30. The summed E-state index contributed by atoms with van der Waals surface area (Å²) in [5, 5.41) is 12.9. The maximum Gasteiger partial charge on any atom is 0.222 e. The molecule has 2 rings (SSSR count). The molecule has 0 fully saturated rings. The molecule has 1 heterocycles. The van der Waals surface area contributed by atoms with Crippen molar-refractivity contribution >= 4 is 11.6 Å². The van der Waals surface area contributed by atoms with Crippen LogP contribution in [-0.2, 0) is 0 Å². The molecule has 0 bridgehead atoms. The van der Waals surface area contributed by atoms with Gasteiger partial charge in [-0.05, 0) is 23.8 Å². The van der Waals surface area contributed by atoms with Crippen molar-refractivity contribution in [3.05, 3.63) is 48.3 Å². The smallest absolute Gasteiger partial charge is 0.222 e. The summed E-state index contributed by atoms with van der Waals surface area (Å²) in [7, 11) is 0. The monoisotopic (exact) mass is 230 g/mol. The zero-order valence-electron chi connectivity index (χ0n) is 9.24. The molecule has 0 aliphatic heterocycles. The van der Waals surface area contributed by atoms with Gasteiger partial charge in [0.25, 0.3) is 0 Å². The fourth-order valence-electron chi connectivity index (χ4n) is 1.41. The molecule has 0 radical (unpaired) electrons. The van der Waals surface area contributed by atoms with E-state index in [1.807, 2.05) is 0 Å². The minimum Gasteiger partial charge on any atom is -0.399 e. The third-order valence-corrected chi connectivity index (χ3v) is 2.34. The topological polar surface area (TPSA) is 84.1 Å². The summed E-state index contributed by atoms with van der Waals surface area (Å²) < 4.78 is 0. The Balaban J connectivity index is 1.93. The molecular weight excluding hydrogens is 216 g/mol. The Morgan fingerprint density at radius 3 is 2.47 bits per heavy atom. The second-order valence-corrected chi connectivity index (χ2v) is 3.64. The summed E-state index contributed by atoms with van der Waals surface area (Å²) in [4.78, 5) is 8.01. The molecule has 0 aliphatic carbocycles. The van der Waals surface area contributed by atoms with Crippen molar-refractivity contribution in [3.8, 4) is 0 Å². The summed E-state index contributed by atoms with van der Waals surface area (Å²) in [6, 6.07) is 8.86. The van der Waals surface area contributed by atoms with Gasteiger partial charge in [-0.15, -0.1) is 0 Å². The zero-order chi connectivity index (χ0) is 12.1. The van der Waals surface area contributed by atoms with Crippen LogP contribution in [0, 0.1) is 0 Å². The van der Waals surface area contributed by atoms with Crippen molar-refractivity contribution in [1.29, 1.82) is 0 Å². The number of rotatable bonds is 4. The van der Waals surface area contributed by atoms with Crippen LogP contribution in [0.15, 0.2) is 42.7 Å². The minimum atomic E-state index is -0.612. The Hall–Kier alpha value is -2.14. The molecule has 1 aromatic carbocycles. The Morgan fingerprint density at radius 2 is 1.82 bits per heavy atom. The van der Waals surface area contributed by atoms with Crippen LogP contribution in [0.3, 0.4) is 0 Å². The second kappa shape index (κ2) is 5.27. The highest BCUT2D eigenvalue weighted by atomic mass is 16.3. The molecule has 0 saturated carbocycles. The van der Waals surface area contributed by atoms with Gasteiger partial charge in [-0.1, -0.05) is 12.1 Å². The summed E-state index contributed by atoms with van der Waals surface area (Å²) >= 11 is 0. The number of nitrogens with one attached hydrogen (secondary N) is 1. The Labute approximate surface area is 99.3 Å². The fourth-order valence-corrected chi connectivity index (χ4v) is 1.41. The Bertz CT molecular complexity index is 458. The van der Waals surface area contributed by atoms with E-state index >= 15 is 0 Å². The van der Waals surface area contributed by atoms with E-state index < -0.39 is 6.10 Å². The average Bonchev–Trinajstić information content (AvgIpc) is 2.38. The van der Waals surface area contributed by atoms with Crippen molar-refractivity contribution < 1.29 is 5.11 Å². The third-order valence-electron chi connectivity index (χ3n) is 2.34. The average molecular weight is 230 g/mol. The normalized spacial score (nSPS) is 12.1. The SMILES string of the molecule is Nc1ccc(C(O)CNc2ncccn2)cc1. The molecule has 1 atom stereocenters. The Kier molecular flexibility index (Phi) is 3.52. The van der Waals surface area contributed by atoms with E-state index in [0.29, 0.717) is 18.2 Å². The van der Waals surface area contributed by atoms with Crippen LogP contribution in [0.5, 0.6) is 0 Å². The molecule has 0 amide bonds. The molecule has 88 valence electrons. The predicted molar refractivity (Wildman–Crippen MR) is 66.3 cm³/mol. The number of nitrogen functional groups attached to an aromatic ring is 1. The van der Waals surface area contributed by atoms with Gasteiger partial charge < -0.3 is 16.2 Å². The molecule has 2 aromatic rings. The lowest BCUT2D eigenvalue weighted by atomic mass is 10.1. The molecule has 5 nitrogen and oxygen atoms in total. The number of benzene rings is 1. The van der Waals surface area contributed by atoms with Crippen molar-refractivity contribution in [2.24, 2.45) is 0 Å². The molecular formula is C12H14N4O. The number of nitrogens with zero attached hydrogens (tertiary/aromatic N) is 2. The van der Waals surface area contributed by atoms with Crippen molar-refractivity contribution in [1.82, 2.24) is 9.97 Å². The van der Waals surface area contributed by atoms with Crippen molar-refractivity contribution in [2.75, 3.05) is 17.6 Å². The maximum atomic E-state index is 9.91. The quantitative estimate of drug-likeness (QED) is 0.687. The lowest BCUT2D eigenvalue weighted by molar-refractivity contribution is 0.191. The highest BCUT2D eigenvalue weighted by Gasteiger charge is 2.07. The van der Waals surface area contributed by atoms with Gasteiger partial charge in [0.1, 0.15) is 0 Å². The molecule has 1 unspecified atom stereocenters. The highest BCUT2D eigenvalue weighted by molar-refractivity contribution is 5.40. The molecule has 0 spiro atoms. The van der Waals surface area contributed by atoms with Crippen molar-refractivity contribution in [3.63, 3.8) is 0 Å². The van der Waals surface area contributed by atoms with E-state index in [1.165, 1.54) is 0 Å². The summed E-state index contributed by atoms with van der Waals surface area (Å²) in [5.41, 5.74) is 7.06. The molecule has 4 N–H and O–H groups in total. The predicted octanol–water partition coefficient (Wildman–Crippen LogP) is 1.20. The van der Waals surface area contributed by atoms with Gasteiger partial charge in [-0.25, -0.2) is 9.97 Å². The van der Waals surface area contributed by atoms with Gasteiger partial charge in [-0.2, -0.15) is 0 Å². The number of nitrogens with two attached hydrogens (primary N) is 1. The molecule has 0 aliphatic rings. The number of anilines is 2. The lowest BCUT2D eigenvalue weighted by Gasteiger charge is -2.12. The van der Waals surface area contributed by atoms with Crippen LogP contribution >= 0.6 is 0 Å². The molecule has 5 heteroatoms. The van der Waals surface area contributed by atoms with Gasteiger partial charge in [-0.3, -0.25) is 0 Å². The first-order valence-electron chi connectivity index (χ1n) is 5.30. The summed E-state index contributed by atoms with van der Waals surface area (Å²) in [6.07, 6.45) is 2.68. The van der Waals surface area contributed by atoms with Crippen LogP contribution in [-0.4, -0.2) is 21.6 Å². The maximum absolute atomic E-state index is 9.91. The van der Waals surface area contributed by atoms with E-state index in [-0.39, 0.29) is 0 Å². The van der Waals surface area contributed by atoms with E-state index in [4.69, 9.17) is 5.73 Å². The lowest BCUT2D eigenvalue weighted by Crippen LogP contribution is -2.13. The van der Waals surface area contributed by atoms with Crippen LogP contribution in [0.2, 0.25) is 0 Å². The summed E-state index contributed by atoms with van der Waals surface area (Å²) in [6.45, 7) is 0.355. The van der Waals surface area contributed by atoms with Gasteiger partial charge in [0.2, 0.25) is 5.95 Å². The number of hydrogen-bond acceptors (Lipinski definition) is 5. The molecule has 1 aromatic heterocycles. The van der Waals surface area contributed by atoms with E-state index in [1.54, 1.807) is 42.7 Å². The molecule has 0 saturated heterocycles.